The number of Topliss-reactive ketones (excluding diaryl/α,β-unsaturated/α-hetero) is 1. The van der Waals surface area contributed by atoms with Gasteiger partial charge in [0.1, 0.15) is 16.4 Å². The average Bonchev–Trinajstić information content (AvgIpc) is 2.24. The van der Waals surface area contributed by atoms with Crippen LogP contribution in [0.2, 0.25) is 0 Å². The second kappa shape index (κ2) is 5.48. The molecule has 1 N–H and O–H groups in total. The van der Waals surface area contributed by atoms with Crippen molar-refractivity contribution in [2.24, 2.45) is 0 Å². The van der Waals surface area contributed by atoms with Gasteiger partial charge in [0, 0.05) is 11.6 Å². The molecular formula is C12H12F2O3S. The van der Waals surface area contributed by atoms with Crippen molar-refractivity contribution in [1.82, 2.24) is 0 Å². The molecule has 1 aromatic rings. The molecule has 0 unspecified atom stereocenters. The first-order valence-electron chi connectivity index (χ1n) is 5.09. The molecule has 0 aliphatic carbocycles. The zero-order valence-corrected chi connectivity index (χ0v) is 10.7. The zero-order chi connectivity index (χ0) is 13.9. The number of ketones is 1. The lowest BCUT2D eigenvalue weighted by Crippen LogP contribution is -2.28. The van der Waals surface area contributed by atoms with Crippen molar-refractivity contribution < 1.29 is 23.5 Å². The summed E-state index contributed by atoms with van der Waals surface area (Å²) in [6.07, 6.45) is 0. The molecule has 0 radical (unpaired) electrons. The first kappa shape index (κ1) is 14.6. The van der Waals surface area contributed by atoms with Gasteiger partial charge in [-0.05, 0) is 26.0 Å². The zero-order valence-electron chi connectivity index (χ0n) is 9.87. The number of carbonyl (C=O) groups is 2. The van der Waals surface area contributed by atoms with Gasteiger partial charge in [0.15, 0.2) is 5.78 Å². The highest BCUT2D eigenvalue weighted by molar-refractivity contribution is 8.02. The minimum absolute atomic E-state index is 0.0961. The van der Waals surface area contributed by atoms with Gasteiger partial charge in [-0.15, -0.1) is 11.8 Å². The Morgan fingerprint density at radius 1 is 1.22 bits per heavy atom. The lowest BCUT2D eigenvalue weighted by molar-refractivity contribution is -0.138. The minimum atomic E-state index is -1.12. The minimum Gasteiger partial charge on any atom is -0.480 e. The van der Waals surface area contributed by atoms with Crippen LogP contribution in [0.5, 0.6) is 0 Å². The average molecular weight is 274 g/mol. The molecule has 0 amide bonds. The summed E-state index contributed by atoms with van der Waals surface area (Å²) < 4.78 is 24.7. The highest BCUT2D eigenvalue weighted by atomic mass is 32.2. The number of thioether (sulfide) groups is 1. The maximum atomic E-state index is 12.9. The van der Waals surface area contributed by atoms with Crippen LogP contribution in [0.4, 0.5) is 8.78 Å². The molecule has 98 valence electrons. The van der Waals surface area contributed by atoms with Gasteiger partial charge in [-0.3, -0.25) is 9.59 Å². The predicted molar refractivity (Wildman–Crippen MR) is 64.9 cm³/mol. The van der Waals surface area contributed by atoms with Gasteiger partial charge in [-0.1, -0.05) is 0 Å². The molecule has 1 aromatic carbocycles. The lowest BCUT2D eigenvalue weighted by Gasteiger charge is -2.17. The second-order valence-corrected chi connectivity index (χ2v) is 5.78. The van der Waals surface area contributed by atoms with Crippen molar-refractivity contribution in [3.63, 3.8) is 0 Å². The van der Waals surface area contributed by atoms with Gasteiger partial charge in [0.2, 0.25) is 0 Å². The van der Waals surface area contributed by atoms with E-state index in [1.807, 2.05) is 0 Å². The van der Waals surface area contributed by atoms with Crippen LogP contribution in [-0.2, 0) is 4.79 Å². The molecule has 6 heteroatoms. The normalized spacial score (nSPS) is 11.3. The van der Waals surface area contributed by atoms with Crippen LogP contribution in [0.1, 0.15) is 24.2 Å². The van der Waals surface area contributed by atoms with Gasteiger partial charge in [-0.25, -0.2) is 8.78 Å². The van der Waals surface area contributed by atoms with E-state index in [1.54, 1.807) is 0 Å². The van der Waals surface area contributed by atoms with E-state index in [2.05, 4.69) is 0 Å². The third-order valence-electron chi connectivity index (χ3n) is 2.26. The van der Waals surface area contributed by atoms with Crippen LogP contribution >= 0.6 is 11.8 Å². The van der Waals surface area contributed by atoms with Crippen LogP contribution in [0.3, 0.4) is 0 Å². The second-order valence-electron chi connectivity index (χ2n) is 4.19. The summed E-state index contributed by atoms with van der Waals surface area (Å²) >= 11 is 0.907. The number of rotatable bonds is 5. The standard InChI is InChI=1S/C12H12F2O3S/c1-12(2,11(16)17)18-6-10(15)7-3-8(13)5-9(14)4-7/h3-5H,6H2,1-2H3,(H,16,17). The Labute approximate surface area is 107 Å². The Morgan fingerprint density at radius 2 is 1.72 bits per heavy atom. The SMILES string of the molecule is CC(C)(SCC(=O)c1cc(F)cc(F)c1)C(=O)O. The van der Waals surface area contributed by atoms with E-state index in [9.17, 15) is 18.4 Å². The van der Waals surface area contributed by atoms with Crippen molar-refractivity contribution in [1.29, 1.82) is 0 Å². The monoisotopic (exact) mass is 274 g/mol. The molecule has 0 spiro atoms. The smallest absolute Gasteiger partial charge is 0.319 e. The van der Waals surface area contributed by atoms with Crippen LogP contribution in [0.25, 0.3) is 0 Å². The molecule has 0 bridgehead atoms. The van der Waals surface area contributed by atoms with Gasteiger partial charge >= 0.3 is 5.97 Å². The van der Waals surface area contributed by atoms with Crippen LogP contribution in [-0.4, -0.2) is 27.4 Å². The van der Waals surface area contributed by atoms with Crippen LogP contribution < -0.4 is 0 Å². The number of hydrogen-bond acceptors (Lipinski definition) is 3. The first-order chi connectivity index (χ1) is 8.22. The summed E-state index contributed by atoms with van der Waals surface area (Å²) in [5, 5.41) is 8.86. The maximum absolute atomic E-state index is 12.9. The first-order valence-corrected chi connectivity index (χ1v) is 6.07. The largest absolute Gasteiger partial charge is 0.480 e. The lowest BCUT2D eigenvalue weighted by atomic mass is 10.1. The Balaban J connectivity index is 2.75. The maximum Gasteiger partial charge on any atom is 0.319 e. The summed E-state index contributed by atoms with van der Waals surface area (Å²) in [5.41, 5.74) is -0.0961. The van der Waals surface area contributed by atoms with Crippen molar-refractivity contribution in [3.05, 3.63) is 35.4 Å². The molecule has 0 saturated carbocycles. The number of carbonyl (C=O) groups excluding carboxylic acids is 1. The Morgan fingerprint density at radius 3 is 2.17 bits per heavy atom. The Hall–Kier alpha value is -1.43. The molecule has 0 fully saturated rings. The molecule has 0 aliphatic rings. The van der Waals surface area contributed by atoms with E-state index in [4.69, 9.17) is 5.11 Å². The number of benzene rings is 1. The predicted octanol–water partition coefficient (Wildman–Crippen LogP) is 2.74. The summed E-state index contributed by atoms with van der Waals surface area (Å²) in [5.74, 6) is -3.37. The molecule has 0 aromatic heterocycles. The molecule has 0 heterocycles. The third kappa shape index (κ3) is 3.80. The number of carboxylic acid groups (broad SMARTS) is 1. The van der Waals surface area contributed by atoms with Crippen molar-refractivity contribution in [3.8, 4) is 0 Å². The number of aliphatic carboxylic acids is 1. The topological polar surface area (TPSA) is 54.4 Å². The van der Waals surface area contributed by atoms with Crippen molar-refractivity contribution in [2.75, 3.05) is 5.75 Å². The molecule has 3 nitrogen and oxygen atoms in total. The van der Waals surface area contributed by atoms with E-state index in [0.717, 1.165) is 23.9 Å². The Kier molecular flexibility index (Phi) is 4.45. The summed E-state index contributed by atoms with van der Waals surface area (Å²) in [4.78, 5) is 22.5. The van der Waals surface area contributed by atoms with Gasteiger partial charge in [0.05, 0.1) is 5.75 Å². The molecule has 0 aliphatic heterocycles. The Bertz CT molecular complexity index is 466. The summed E-state index contributed by atoms with van der Waals surface area (Å²) in [6.45, 7) is 2.92. The van der Waals surface area contributed by atoms with E-state index in [0.29, 0.717) is 6.07 Å². The molecule has 1 rings (SSSR count). The van der Waals surface area contributed by atoms with Crippen molar-refractivity contribution >= 4 is 23.5 Å². The van der Waals surface area contributed by atoms with Crippen molar-refractivity contribution in [2.45, 2.75) is 18.6 Å². The van der Waals surface area contributed by atoms with Gasteiger partial charge < -0.3 is 5.11 Å². The number of hydrogen-bond donors (Lipinski definition) is 1. The van der Waals surface area contributed by atoms with E-state index < -0.39 is 28.1 Å². The summed E-state index contributed by atoms with van der Waals surface area (Å²) in [7, 11) is 0. The number of carboxylic acids is 1. The van der Waals surface area contributed by atoms with Crippen LogP contribution in [0.15, 0.2) is 18.2 Å². The van der Waals surface area contributed by atoms with Gasteiger partial charge in [-0.2, -0.15) is 0 Å². The van der Waals surface area contributed by atoms with E-state index >= 15 is 0 Å². The molecule has 18 heavy (non-hydrogen) atoms. The van der Waals surface area contributed by atoms with E-state index in [-0.39, 0.29) is 11.3 Å². The molecular weight excluding hydrogens is 262 g/mol. The fourth-order valence-electron chi connectivity index (χ4n) is 1.11. The fourth-order valence-corrected chi connectivity index (χ4v) is 1.89. The van der Waals surface area contributed by atoms with Crippen LogP contribution in [0, 0.1) is 11.6 Å². The molecule has 0 atom stereocenters. The highest BCUT2D eigenvalue weighted by Crippen LogP contribution is 2.25. The molecule has 0 saturated heterocycles. The van der Waals surface area contributed by atoms with E-state index in [1.165, 1.54) is 13.8 Å². The quantitative estimate of drug-likeness (QED) is 0.839. The summed E-state index contributed by atoms with van der Waals surface area (Å²) in [6, 6.07) is 2.53. The highest BCUT2D eigenvalue weighted by Gasteiger charge is 2.28. The fraction of sp³-hybridized carbons (Fsp3) is 0.333. The van der Waals surface area contributed by atoms with Gasteiger partial charge in [0.25, 0.3) is 0 Å². The third-order valence-corrected chi connectivity index (χ3v) is 3.57. The number of halogens is 2.